The van der Waals surface area contributed by atoms with E-state index in [1.54, 1.807) is 19.4 Å². The Hall–Kier alpha value is -2.41. The highest BCUT2D eigenvalue weighted by Gasteiger charge is 2.07. The summed E-state index contributed by atoms with van der Waals surface area (Å²) in [4.78, 5) is 8.36. The summed E-state index contributed by atoms with van der Waals surface area (Å²) in [5.41, 5.74) is 1.67. The molecule has 0 unspecified atom stereocenters. The van der Waals surface area contributed by atoms with Crippen LogP contribution in [0.3, 0.4) is 0 Å². The average Bonchev–Trinajstić information content (AvgIpc) is 2.39. The van der Waals surface area contributed by atoms with E-state index >= 15 is 0 Å². The van der Waals surface area contributed by atoms with Gasteiger partial charge in [-0.3, -0.25) is 0 Å². The monoisotopic (exact) mass is 225 g/mol. The van der Waals surface area contributed by atoms with E-state index in [2.05, 4.69) is 9.97 Å². The molecule has 0 N–H and O–H groups in total. The lowest BCUT2D eigenvalue weighted by Crippen LogP contribution is -1.96. The van der Waals surface area contributed by atoms with Gasteiger partial charge in [0.15, 0.2) is 0 Å². The zero-order valence-electron chi connectivity index (χ0n) is 9.42. The van der Waals surface area contributed by atoms with Gasteiger partial charge in [0.25, 0.3) is 0 Å². The van der Waals surface area contributed by atoms with Crippen LogP contribution in [-0.4, -0.2) is 17.1 Å². The molecule has 0 saturated heterocycles. The zero-order chi connectivity index (χ0) is 12.1. The molecule has 84 valence electrons. The number of para-hydroxylation sites is 1. The summed E-state index contributed by atoms with van der Waals surface area (Å²) in [6, 6.07) is 11.5. The topological polar surface area (TPSA) is 58.8 Å². The van der Waals surface area contributed by atoms with Gasteiger partial charge in [0.1, 0.15) is 11.6 Å². The molecule has 0 fully saturated rings. The Balaban J connectivity index is 2.46. The Kier molecular flexibility index (Phi) is 3.31. The van der Waals surface area contributed by atoms with E-state index in [0.29, 0.717) is 5.82 Å². The number of nitrogens with zero attached hydrogens (tertiary/aromatic N) is 3. The summed E-state index contributed by atoms with van der Waals surface area (Å²) >= 11 is 0. The van der Waals surface area contributed by atoms with Crippen LogP contribution in [0, 0.1) is 11.3 Å². The summed E-state index contributed by atoms with van der Waals surface area (Å²) in [5.74, 6) is 1.28. The molecule has 1 aromatic heterocycles. The fourth-order valence-corrected chi connectivity index (χ4v) is 1.56. The van der Waals surface area contributed by atoms with Crippen LogP contribution in [-0.2, 0) is 6.42 Å². The molecule has 0 spiro atoms. The summed E-state index contributed by atoms with van der Waals surface area (Å²) in [7, 11) is 1.62. The van der Waals surface area contributed by atoms with Gasteiger partial charge in [0, 0.05) is 11.8 Å². The zero-order valence-corrected chi connectivity index (χ0v) is 9.42. The largest absolute Gasteiger partial charge is 0.496 e. The van der Waals surface area contributed by atoms with Crippen molar-refractivity contribution in [3.63, 3.8) is 0 Å². The van der Waals surface area contributed by atoms with Crippen molar-refractivity contribution >= 4 is 0 Å². The van der Waals surface area contributed by atoms with Gasteiger partial charge in [-0.1, -0.05) is 12.1 Å². The molecule has 4 nitrogen and oxygen atoms in total. The third-order valence-electron chi connectivity index (χ3n) is 2.33. The van der Waals surface area contributed by atoms with E-state index < -0.39 is 0 Å². The molecule has 0 aliphatic rings. The molecular weight excluding hydrogens is 214 g/mol. The maximum atomic E-state index is 8.63. The molecule has 2 rings (SSSR count). The number of aromatic nitrogens is 2. The highest BCUT2D eigenvalue weighted by atomic mass is 16.5. The second-order valence-corrected chi connectivity index (χ2v) is 3.39. The summed E-state index contributed by atoms with van der Waals surface area (Å²) in [6.07, 6.45) is 1.87. The van der Waals surface area contributed by atoms with Crippen molar-refractivity contribution in [3.8, 4) is 23.1 Å². The predicted molar refractivity (Wildman–Crippen MR) is 63.3 cm³/mol. The fourth-order valence-electron chi connectivity index (χ4n) is 1.56. The molecule has 0 radical (unpaired) electrons. The van der Waals surface area contributed by atoms with Gasteiger partial charge in [-0.25, -0.2) is 9.97 Å². The molecule has 2 aromatic rings. The van der Waals surface area contributed by atoms with Crippen molar-refractivity contribution in [1.29, 1.82) is 5.26 Å². The van der Waals surface area contributed by atoms with Gasteiger partial charge < -0.3 is 4.74 Å². The first-order chi connectivity index (χ1) is 8.35. The number of hydrogen-bond donors (Lipinski definition) is 0. The van der Waals surface area contributed by atoms with Gasteiger partial charge in [0.2, 0.25) is 0 Å². The molecule has 0 bridgehead atoms. The number of ether oxygens (including phenoxy) is 1. The van der Waals surface area contributed by atoms with Crippen LogP contribution in [0.2, 0.25) is 0 Å². The molecule has 0 aliphatic carbocycles. The van der Waals surface area contributed by atoms with E-state index in [1.165, 1.54) is 0 Å². The number of rotatable bonds is 3. The Morgan fingerprint density at radius 2 is 2.12 bits per heavy atom. The maximum absolute atomic E-state index is 8.63. The van der Waals surface area contributed by atoms with Crippen LogP contribution >= 0.6 is 0 Å². The molecule has 0 atom stereocenters. The first-order valence-electron chi connectivity index (χ1n) is 5.17. The van der Waals surface area contributed by atoms with Crippen LogP contribution in [0.15, 0.2) is 36.5 Å². The third-order valence-corrected chi connectivity index (χ3v) is 2.33. The highest BCUT2D eigenvalue weighted by Crippen LogP contribution is 2.27. The van der Waals surface area contributed by atoms with Gasteiger partial charge in [-0.15, -0.1) is 0 Å². The smallest absolute Gasteiger partial charge is 0.142 e. The fraction of sp³-hybridized carbons (Fsp3) is 0.154. The minimum Gasteiger partial charge on any atom is -0.496 e. The van der Waals surface area contributed by atoms with Crippen LogP contribution in [0.4, 0.5) is 0 Å². The molecule has 1 heterocycles. The Bertz CT molecular complexity index is 561. The Labute approximate surface area is 99.5 Å². The lowest BCUT2D eigenvalue weighted by molar-refractivity contribution is 0.416. The second-order valence-electron chi connectivity index (χ2n) is 3.39. The molecule has 1 aromatic carbocycles. The predicted octanol–water partition coefficient (Wildman–Crippen LogP) is 2.22. The summed E-state index contributed by atoms with van der Waals surface area (Å²) in [5, 5.41) is 8.63. The van der Waals surface area contributed by atoms with Crippen molar-refractivity contribution in [1.82, 2.24) is 9.97 Å². The first-order valence-corrected chi connectivity index (χ1v) is 5.17. The first kappa shape index (κ1) is 11.1. The molecular formula is C13H11N3O. The van der Waals surface area contributed by atoms with Crippen molar-refractivity contribution < 1.29 is 4.74 Å². The minimum absolute atomic E-state index is 0.211. The molecule has 4 heteroatoms. The summed E-state index contributed by atoms with van der Waals surface area (Å²) < 4.78 is 5.27. The normalized spacial score (nSPS) is 9.65. The summed E-state index contributed by atoms with van der Waals surface area (Å²) in [6.45, 7) is 0. The quantitative estimate of drug-likeness (QED) is 0.803. The lowest BCUT2D eigenvalue weighted by Gasteiger charge is -2.07. The standard InChI is InChI=1S/C13H11N3O/c1-17-12-5-3-2-4-10(12)11-7-9-15-13(16-11)6-8-14/h2-5,7,9H,6H2,1H3. The van der Waals surface area contributed by atoms with E-state index in [0.717, 1.165) is 17.0 Å². The Morgan fingerprint density at radius 1 is 1.29 bits per heavy atom. The molecule has 17 heavy (non-hydrogen) atoms. The molecule has 0 aliphatic heterocycles. The van der Waals surface area contributed by atoms with Crippen molar-refractivity contribution in [3.05, 3.63) is 42.4 Å². The van der Waals surface area contributed by atoms with Gasteiger partial charge in [0.05, 0.1) is 25.3 Å². The molecule has 0 saturated carbocycles. The second kappa shape index (κ2) is 5.08. The number of methoxy groups -OCH3 is 1. The number of benzene rings is 1. The van der Waals surface area contributed by atoms with Gasteiger partial charge in [-0.05, 0) is 18.2 Å². The van der Waals surface area contributed by atoms with Crippen molar-refractivity contribution in [2.75, 3.05) is 7.11 Å². The van der Waals surface area contributed by atoms with Crippen LogP contribution in [0.5, 0.6) is 5.75 Å². The number of nitriles is 1. The van der Waals surface area contributed by atoms with Crippen molar-refractivity contribution in [2.45, 2.75) is 6.42 Å². The van der Waals surface area contributed by atoms with Crippen LogP contribution < -0.4 is 4.74 Å². The lowest BCUT2D eigenvalue weighted by atomic mass is 10.1. The third kappa shape index (κ3) is 2.40. The van der Waals surface area contributed by atoms with Crippen molar-refractivity contribution in [2.24, 2.45) is 0 Å². The van der Waals surface area contributed by atoms with Crippen LogP contribution in [0.1, 0.15) is 5.82 Å². The average molecular weight is 225 g/mol. The van der Waals surface area contributed by atoms with Gasteiger partial charge in [-0.2, -0.15) is 5.26 Å². The maximum Gasteiger partial charge on any atom is 0.142 e. The highest BCUT2D eigenvalue weighted by molar-refractivity contribution is 5.66. The minimum atomic E-state index is 0.211. The number of hydrogen-bond acceptors (Lipinski definition) is 4. The van der Waals surface area contributed by atoms with E-state index in [9.17, 15) is 0 Å². The van der Waals surface area contributed by atoms with E-state index in [1.807, 2.05) is 30.3 Å². The van der Waals surface area contributed by atoms with E-state index in [4.69, 9.17) is 10.00 Å². The SMILES string of the molecule is COc1ccccc1-c1ccnc(CC#N)n1. The molecule has 0 amide bonds. The van der Waals surface area contributed by atoms with E-state index in [-0.39, 0.29) is 6.42 Å². The van der Waals surface area contributed by atoms with Gasteiger partial charge >= 0.3 is 0 Å². The Morgan fingerprint density at radius 3 is 2.88 bits per heavy atom. The van der Waals surface area contributed by atoms with Crippen LogP contribution in [0.25, 0.3) is 11.3 Å².